The summed E-state index contributed by atoms with van der Waals surface area (Å²) in [5, 5.41) is 3.51. The maximum atomic E-state index is 12.1. The smallest absolute Gasteiger partial charge is 0.374 e. The molecule has 0 bridgehead atoms. The second-order valence-electron chi connectivity index (χ2n) is 5.92. The molecule has 1 aromatic heterocycles. The molecular weight excluding hydrogens is 370 g/mol. The van der Waals surface area contributed by atoms with Crippen LogP contribution in [0.1, 0.15) is 21.7 Å². The number of hydrogen-bond acceptors (Lipinski definition) is 5. The molecule has 27 heavy (non-hydrogen) atoms. The lowest BCUT2D eigenvalue weighted by Gasteiger charge is -2.08. The first-order valence-corrected chi connectivity index (χ1v) is 8.53. The van der Waals surface area contributed by atoms with Gasteiger partial charge in [-0.3, -0.25) is 9.59 Å². The van der Waals surface area contributed by atoms with Crippen molar-refractivity contribution in [2.24, 2.45) is 0 Å². The second-order valence-corrected chi connectivity index (χ2v) is 6.33. The van der Waals surface area contributed by atoms with E-state index in [9.17, 15) is 14.4 Å². The Labute approximate surface area is 159 Å². The van der Waals surface area contributed by atoms with Crippen molar-refractivity contribution in [2.75, 3.05) is 6.61 Å². The van der Waals surface area contributed by atoms with E-state index in [2.05, 4.69) is 5.32 Å². The standard InChI is InChI=1S/C20H16ClNO5/c1-12-6-7-17-14(8-12)16(23)9-18(27-17)20(25)26-11-19(24)22-10-13-4-2-3-5-15(13)21/h2-9H,10-11H2,1H3,(H,22,24). The van der Waals surface area contributed by atoms with Gasteiger partial charge in [0, 0.05) is 17.6 Å². The van der Waals surface area contributed by atoms with E-state index < -0.39 is 18.5 Å². The van der Waals surface area contributed by atoms with Crippen LogP contribution in [0.3, 0.4) is 0 Å². The van der Waals surface area contributed by atoms with E-state index in [1.54, 1.807) is 42.5 Å². The Balaban J connectivity index is 1.61. The highest BCUT2D eigenvalue weighted by atomic mass is 35.5. The average Bonchev–Trinajstić information content (AvgIpc) is 2.65. The van der Waals surface area contributed by atoms with Gasteiger partial charge in [0.25, 0.3) is 5.91 Å². The van der Waals surface area contributed by atoms with Gasteiger partial charge in [-0.05, 0) is 30.7 Å². The van der Waals surface area contributed by atoms with Gasteiger partial charge in [0.15, 0.2) is 12.0 Å². The quantitative estimate of drug-likeness (QED) is 0.681. The van der Waals surface area contributed by atoms with E-state index in [0.29, 0.717) is 10.4 Å². The van der Waals surface area contributed by atoms with Gasteiger partial charge in [-0.1, -0.05) is 41.4 Å². The summed E-state index contributed by atoms with van der Waals surface area (Å²) in [6.07, 6.45) is 0. The molecule has 6 nitrogen and oxygen atoms in total. The highest BCUT2D eigenvalue weighted by Gasteiger charge is 2.15. The summed E-state index contributed by atoms with van der Waals surface area (Å²) < 4.78 is 10.3. The molecule has 0 unspecified atom stereocenters. The minimum absolute atomic E-state index is 0.209. The van der Waals surface area contributed by atoms with E-state index in [-0.39, 0.29) is 23.3 Å². The maximum absolute atomic E-state index is 12.1. The Morgan fingerprint density at radius 3 is 2.70 bits per heavy atom. The Hall–Kier alpha value is -3.12. The molecule has 0 fully saturated rings. The predicted molar refractivity (Wildman–Crippen MR) is 101 cm³/mol. The van der Waals surface area contributed by atoms with Crippen molar-refractivity contribution in [2.45, 2.75) is 13.5 Å². The van der Waals surface area contributed by atoms with Crippen molar-refractivity contribution in [3.8, 4) is 0 Å². The maximum Gasteiger partial charge on any atom is 0.374 e. The van der Waals surface area contributed by atoms with E-state index in [1.165, 1.54) is 0 Å². The molecule has 0 aliphatic heterocycles. The minimum Gasteiger partial charge on any atom is -0.450 e. The zero-order chi connectivity index (χ0) is 19.4. The lowest BCUT2D eigenvalue weighted by atomic mass is 10.1. The number of nitrogens with one attached hydrogen (secondary N) is 1. The highest BCUT2D eigenvalue weighted by molar-refractivity contribution is 6.31. The summed E-state index contributed by atoms with van der Waals surface area (Å²) in [5.74, 6) is -1.64. The molecule has 7 heteroatoms. The highest BCUT2D eigenvalue weighted by Crippen LogP contribution is 2.15. The van der Waals surface area contributed by atoms with Gasteiger partial charge in [0.05, 0.1) is 5.39 Å². The third-order valence-corrected chi connectivity index (χ3v) is 4.22. The van der Waals surface area contributed by atoms with Crippen molar-refractivity contribution in [1.29, 1.82) is 0 Å². The average molecular weight is 386 g/mol. The summed E-state index contributed by atoms with van der Waals surface area (Å²) in [7, 11) is 0. The van der Waals surface area contributed by atoms with Crippen molar-refractivity contribution >= 4 is 34.4 Å². The fourth-order valence-corrected chi connectivity index (χ4v) is 2.66. The van der Waals surface area contributed by atoms with E-state index in [4.69, 9.17) is 20.8 Å². The molecule has 0 radical (unpaired) electrons. The van der Waals surface area contributed by atoms with Crippen LogP contribution in [0.15, 0.2) is 57.7 Å². The molecule has 0 saturated carbocycles. The summed E-state index contributed by atoms with van der Waals surface area (Å²) in [6, 6.07) is 13.2. The Morgan fingerprint density at radius 2 is 1.93 bits per heavy atom. The van der Waals surface area contributed by atoms with E-state index in [0.717, 1.165) is 17.2 Å². The summed E-state index contributed by atoms with van der Waals surface area (Å²) in [6.45, 7) is 1.56. The summed E-state index contributed by atoms with van der Waals surface area (Å²) >= 11 is 6.01. The molecule has 1 heterocycles. The van der Waals surface area contributed by atoms with Crippen molar-refractivity contribution in [3.63, 3.8) is 0 Å². The van der Waals surface area contributed by atoms with Crippen molar-refractivity contribution in [1.82, 2.24) is 5.32 Å². The van der Waals surface area contributed by atoms with E-state index in [1.807, 2.05) is 6.92 Å². The minimum atomic E-state index is -0.887. The Morgan fingerprint density at radius 1 is 1.15 bits per heavy atom. The molecule has 0 atom stereocenters. The van der Waals surface area contributed by atoms with Gasteiger partial charge in [-0.2, -0.15) is 0 Å². The van der Waals surface area contributed by atoms with Crippen LogP contribution in [0.4, 0.5) is 0 Å². The van der Waals surface area contributed by atoms with Crippen LogP contribution in [0, 0.1) is 6.92 Å². The van der Waals surface area contributed by atoms with Crippen LogP contribution in [-0.4, -0.2) is 18.5 Å². The molecule has 0 spiro atoms. The van der Waals surface area contributed by atoms with Gasteiger partial charge in [-0.15, -0.1) is 0 Å². The fraction of sp³-hybridized carbons (Fsp3) is 0.150. The molecule has 0 saturated heterocycles. The largest absolute Gasteiger partial charge is 0.450 e. The summed E-state index contributed by atoms with van der Waals surface area (Å²) in [4.78, 5) is 36.1. The monoisotopic (exact) mass is 385 g/mol. The summed E-state index contributed by atoms with van der Waals surface area (Å²) in [5.41, 5.74) is 1.58. The molecular formula is C20H16ClNO5. The molecule has 3 aromatic rings. The number of rotatable bonds is 5. The van der Waals surface area contributed by atoms with Crippen LogP contribution in [-0.2, 0) is 16.1 Å². The van der Waals surface area contributed by atoms with Gasteiger partial charge in [0.2, 0.25) is 5.76 Å². The van der Waals surface area contributed by atoms with Crippen molar-refractivity contribution in [3.05, 3.63) is 80.7 Å². The van der Waals surface area contributed by atoms with Crippen LogP contribution in [0.5, 0.6) is 0 Å². The van der Waals surface area contributed by atoms with Gasteiger partial charge in [-0.25, -0.2) is 4.79 Å². The number of halogens is 1. The number of esters is 1. The Kier molecular flexibility index (Phi) is 5.57. The number of hydrogen-bond donors (Lipinski definition) is 1. The number of carbonyl (C=O) groups excluding carboxylic acids is 2. The van der Waals surface area contributed by atoms with Crippen molar-refractivity contribution < 1.29 is 18.7 Å². The third-order valence-electron chi connectivity index (χ3n) is 3.85. The van der Waals surface area contributed by atoms with Gasteiger partial charge >= 0.3 is 5.97 Å². The topological polar surface area (TPSA) is 85.6 Å². The first-order valence-electron chi connectivity index (χ1n) is 8.16. The third kappa shape index (κ3) is 4.54. The molecule has 2 aromatic carbocycles. The van der Waals surface area contributed by atoms with Crippen LogP contribution in [0.2, 0.25) is 5.02 Å². The lowest BCUT2D eigenvalue weighted by Crippen LogP contribution is -2.28. The number of amides is 1. The fourth-order valence-electron chi connectivity index (χ4n) is 2.46. The van der Waals surface area contributed by atoms with Crippen LogP contribution >= 0.6 is 11.6 Å². The normalized spacial score (nSPS) is 10.6. The van der Waals surface area contributed by atoms with Gasteiger partial charge < -0.3 is 14.5 Å². The van der Waals surface area contributed by atoms with Crippen LogP contribution in [0.25, 0.3) is 11.0 Å². The SMILES string of the molecule is Cc1ccc2oc(C(=O)OCC(=O)NCc3ccccc3Cl)cc(=O)c2c1. The number of carbonyl (C=O) groups is 2. The second kappa shape index (κ2) is 8.05. The molecule has 0 aliphatic rings. The molecule has 3 rings (SSSR count). The number of ether oxygens (including phenoxy) is 1. The first-order chi connectivity index (χ1) is 12.9. The number of fused-ring (bicyclic) bond motifs is 1. The molecule has 1 amide bonds. The predicted octanol–water partition coefficient (Wildman–Crippen LogP) is 3.23. The molecule has 138 valence electrons. The van der Waals surface area contributed by atoms with E-state index >= 15 is 0 Å². The molecule has 1 N–H and O–H groups in total. The number of aryl methyl sites for hydroxylation is 1. The Bertz CT molecular complexity index is 1070. The zero-order valence-electron chi connectivity index (χ0n) is 14.5. The zero-order valence-corrected chi connectivity index (χ0v) is 15.2. The number of benzene rings is 2. The van der Waals surface area contributed by atoms with Crippen LogP contribution < -0.4 is 10.7 Å². The first kappa shape index (κ1) is 18.7. The van der Waals surface area contributed by atoms with Gasteiger partial charge in [0.1, 0.15) is 5.58 Å². The molecule has 0 aliphatic carbocycles. The lowest BCUT2D eigenvalue weighted by molar-refractivity contribution is -0.124.